The van der Waals surface area contributed by atoms with Crippen LogP contribution in [0.3, 0.4) is 0 Å². The molecule has 0 aliphatic heterocycles. The van der Waals surface area contributed by atoms with E-state index in [0.717, 1.165) is 10.8 Å². The predicted octanol–water partition coefficient (Wildman–Crippen LogP) is 2.22. The van der Waals surface area contributed by atoms with Crippen molar-refractivity contribution in [2.75, 3.05) is 21.1 Å². The van der Waals surface area contributed by atoms with Gasteiger partial charge >= 0.3 is 0 Å². The van der Waals surface area contributed by atoms with Crippen LogP contribution in [0.4, 0.5) is 0 Å². The summed E-state index contributed by atoms with van der Waals surface area (Å²) >= 11 is 1.66. The van der Waals surface area contributed by atoms with E-state index in [9.17, 15) is 8.42 Å². The molecule has 0 aromatic carbocycles. The van der Waals surface area contributed by atoms with Crippen LogP contribution < -0.4 is 0 Å². The molecule has 0 radical (unpaired) electrons. The van der Waals surface area contributed by atoms with Gasteiger partial charge in [-0.3, -0.25) is 4.90 Å². The lowest BCUT2D eigenvalue weighted by Crippen LogP contribution is -2.21. The maximum Gasteiger partial charge on any atom is 0.275 e. The highest BCUT2D eigenvalue weighted by atomic mass is 32.2. The minimum Gasteiger partial charge on any atom is -0.447 e. The summed E-state index contributed by atoms with van der Waals surface area (Å²) < 4.78 is 30.4. The standard InChI is InChI=1S/C13H18N2O3S2/c1-14(2)20(16,17)13-5-4-12(18-13)9-15(3)8-11-6-7-19-10-11/h4-7,10H,8-9H2,1-3H3. The number of nitrogens with zero attached hydrogens (tertiary/aromatic N) is 2. The van der Waals surface area contributed by atoms with E-state index in [2.05, 4.69) is 16.3 Å². The van der Waals surface area contributed by atoms with Crippen molar-refractivity contribution in [2.24, 2.45) is 0 Å². The summed E-state index contributed by atoms with van der Waals surface area (Å²) in [6.45, 7) is 1.37. The van der Waals surface area contributed by atoms with Gasteiger partial charge in [-0.05, 0) is 41.6 Å². The maximum atomic E-state index is 11.9. The molecule has 0 N–H and O–H groups in total. The SMILES string of the molecule is CN(Cc1ccsc1)Cc1ccc(S(=O)(=O)N(C)C)o1. The van der Waals surface area contributed by atoms with E-state index in [0.29, 0.717) is 12.3 Å². The molecule has 0 fully saturated rings. The molecule has 5 nitrogen and oxygen atoms in total. The van der Waals surface area contributed by atoms with Crippen molar-refractivity contribution in [3.8, 4) is 0 Å². The van der Waals surface area contributed by atoms with Crippen LogP contribution in [0.2, 0.25) is 0 Å². The van der Waals surface area contributed by atoms with Gasteiger partial charge in [0.15, 0.2) is 0 Å². The number of hydrogen-bond donors (Lipinski definition) is 0. The van der Waals surface area contributed by atoms with Crippen molar-refractivity contribution in [1.82, 2.24) is 9.21 Å². The summed E-state index contributed by atoms with van der Waals surface area (Å²) in [6, 6.07) is 5.29. The number of furan rings is 1. The molecule has 2 aromatic rings. The van der Waals surface area contributed by atoms with Crippen molar-refractivity contribution in [1.29, 1.82) is 0 Å². The van der Waals surface area contributed by atoms with E-state index in [4.69, 9.17) is 4.42 Å². The highest BCUT2D eigenvalue weighted by Gasteiger charge is 2.21. The second kappa shape index (κ2) is 6.09. The first-order valence-corrected chi connectivity index (χ1v) is 8.49. The van der Waals surface area contributed by atoms with Gasteiger partial charge in [-0.2, -0.15) is 11.3 Å². The fraction of sp³-hybridized carbons (Fsp3) is 0.385. The van der Waals surface area contributed by atoms with Crippen molar-refractivity contribution >= 4 is 21.4 Å². The van der Waals surface area contributed by atoms with Gasteiger partial charge in [-0.25, -0.2) is 12.7 Å². The van der Waals surface area contributed by atoms with Gasteiger partial charge in [0.25, 0.3) is 10.0 Å². The Kier molecular flexibility index (Phi) is 4.64. The van der Waals surface area contributed by atoms with E-state index in [1.54, 1.807) is 17.4 Å². The van der Waals surface area contributed by atoms with Crippen LogP contribution in [0.15, 0.2) is 38.5 Å². The Morgan fingerprint density at radius 2 is 1.90 bits per heavy atom. The minimum atomic E-state index is -3.49. The summed E-state index contributed by atoms with van der Waals surface area (Å²) in [5, 5.41) is 4.12. The fourth-order valence-electron chi connectivity index (χ4n) is 1.78. The monoisotopic (exact) mass is 314 g/mol. The second-order valence-corrected chi connectivity index (χ2v) is 7.67. The van der Waals surface area contributed by atoms with Gasteiger partial charge < -0.3 is 4.42 Å². The van der Waals surface area contributed by atoms with E-state index in [-0.39, 0.29) is 5.09 Å². The molecule has 2 aromatic heterocycles. The zero-order chi connectivity index (χ0) is 14.8. The van der Waals surface area contributed by atoms with Gasteiger partial charge in [0.2, 0.25) is 5.09 Å². The van der Waals surface area contributed by atoms with E-state index < -0.39 is 10.0 Å². The van der Waals surface area contributed by atoms with Gasteiger partial charge in [0, 0.05) is 20.6 Å². The molecule has 0 amide bonds. The first-order chi connectivity index (χ1) is 9.39. The highest BCUT2D eigenvalue weighted by Crippen LogP contribution is 2.18. The molecule has 0 unspecified atom stereocenters. The van der Waals surface area contributed by atoms with Crippen LogP contribution in [0.5, 0.6) is 0 Å². The Balaban J connectivity index is 2.03. The zero-order valence-electron chi connectivity index (χ0n) is 11.7. The normalized spacial score (nSPS) is 12.4. The number of sulfonamides is 1. The lowest BCUT2D eigenvalue weighted by Gasteiger charge is -2.14. The molecule has 2 rings (SSSR count). The smallest absolute Gasteiger partial charge is 0.275 e. The summed E-state index contributed by atoms with van der Waals surface area (Å²) in [4.78, 5) is 2.08. The first-order valence-electron chi connectivity index (χ1n) is 6.10. The molecule has 0 aliphatic rings. The Hall–Kier alpha value is -1.15. The molecule has 0 saturated carbocycles. The molecule has 20 heavy (non-hydrogen) atoms. The van der Waals surface area contributed by atoms with Gasteiger partial charge in [-0.1, -0.05) is 0 Å². The number of rotatable bonds is 6. The molecule has 0 spiro atoms. The van der Waals surface area contributed by atoms with Crippen LogP contribution in [0.25, 0.3) is 0 Å². The second-order valence-electron chi connectivity index (χ2n) is 4.81. The third-order valence-corrected chi connectivity index (χ3v) is 5.25. The molecule has 2 heterocycles. The van der Waals surface area contributed by atoms with Crippen LogP contribution in [0, 0.1) is 0 Å². The molecule has 0 aliphatic carbocycles. The Bertz CT molecular complexity index is 645. The average Bonchev–Trinajstić information content (AvgIpc) is 3.00. The average molecular weight is 314 g/mol. The van der Waals surface area contributed by atoms with E-state index >= 15 is 0 Å². The van der Waals surface area contributed by atoms with Crippen LogP contribution in [0.1, 0.15) is 11.3 Å². The molecule has 110 valence electrons. The highest BCUT2D eigenvalue weighted by molar-refractivity contribution is 7.88. The number of thiophene rings is 1. The van der Waals surface area contributed by atoms with E-state index in [1.807, 2.05) is 12.4 Å². The van der Waals surface area contributed by atoms with Crippen molar-refractivity contribution < 1.29 is 12.8 Å². The summed E-state index contributed by atoms with van der Waals surface area (Å²) in [5.41, 5.74) is 1.24. The third kappa shape index (κ3) is 3.49. The molecular weight excluding hydrogens is 296 g/mol. The fourth-order valence-corrected chi connectivity index (χ4v) is 3.25. The first kappa shape index (κ1) is 15.2. The van der Waals surface area contributed by atoms with Crippen molar-refractivity contribution in [2.45, 2.75) is 18.2 Å². The predicted molar refractivity (Wildman–Crippen MR) is 79.1 cm³/mol. The Morgan fingerprint density at radius 3 is 2.50 bits per heavy atom. The number of hydrogen-bond acceptors (Lipinski definition) is 5. The van der Waals surface area contributed by atoms with Crippen LogP contribution in [-0.4, -0.2) is 38.8 Å². The third-order valence-electron chi connectivity index (χ3n) is 2.83. The molecule has 0 saturated heterocycles. The van der Waals surface area contributed by atoms with Gasteiger partial charge in [0.05, 0.1) is 6.54 Å². The molecule has 0 bridgehead atoms. The zero-order valence-corrected chi connectivity index (χ0v) is 13.4. The van der Waals surface area contributed by atoms with Crippen molar-refractivity contribution in [3.05, 3.63) is 40.3 Å². The van der Waals surface area contributed by atoms with Crippen LogP contribution >= 0.6 is 11.3 Å². The summed E-state index contributed by atoms with van der Waals surface area (Å²) in [7, 11) is 1.45. The summed E-state index contributed by atoms with van der Waals surface area (Å²) in [6.07, 6.45) is 0. The molecule has 7 heteroatoms. The van der Waals surface area contributed by atoms with E-state index in [1.165, 1.54) is 25.7 Å². The molecule has 0 atom stereocenters. The quantitative estimate of drug-likeness (QED) is 0.820. The largest absolute Gasteiger partial charge is 0.447 e. The van der Waals surface area contributed by atoms with Gasteiger partial charge in [0.1, 0.15) is 5.76 Å². The Morgan fingerprint density at radius 1 is 1.15 bits per heavy atom. The van der Waals surface area contributed by atoms with Gasteiger partial charge in [-0.15, -0.1) is 0 Å². The molecular formula is C13H18N2O3S2. The Labute approximate surface area is 123 Å². The van der Waals surface area contributed by atoms with Crippen LogP contribution in [-0.2, 0) is 23.1 Å². The maximum absolute atomic E-state index is 11.9. The topological polar surface area (TPSA) is 53.8 Å². The van der Waals surface area contributed by atoms with Crippen molar-refractivity contribution in [3.63, 3.8) is 0 Å². The lowest BCUT2D eigenvalue weighted by molar-refractivity contribution is 0.274. The lowest BCUT2D eigenvalue weighted by atomic mass is 10.3. The minimum absolute atomic E-state index is 0.0126. The summed E-state index contributed by atoms with van der Waals surface area (Å²) in [5.74, 6) is 0.642.